The molecule has 0 aromatic carbocycles. The maximum absolute atomic E-state index is 10.0. The van der Waals surface area contributed by atoms with Crippen molar-refractivity contribution in [2.24, 2.45) is 0 Å². The largest absolute Gasteiger partial charge is 0.389 e. The van der Waals surface area contributed by atoms with Crippen molar-refractivity contribution in [3.63, 3.8) is 0 Å². The Morgan fingerprint density at radius 3 is 2.23 bits per heavy atom. The first-order chi connectivity index (χ1) is 6.20. The molecule has 0 saturated heterocycles. The molecule has 0 aromatic heterocycles. The summed E-state index contributed by atoms with van der Waals surface area (Å²) in [4.78, 5) is 0. The van der Waals surface area contributed by atoms with Gasteiger partial charge in [0.15, 0.2) is 0 Å². The summed E-state index contributed by atoms with van der Waals surface area (Å²) in [6.07, 6.45) is 7.00. The third-order valence-corrected chi connectivity index (χ3v) is 3.39. The summed E-state index contributed by atoms with van der Waals surface area (Å²) in [7, 11) is 0. The van der Waals surface area contributed by atoms with E-state index in [1.165, 1.54) is 25.7 Å². The van der Waals surface area contributed by atoms with E-state index in [-0.39, 0.29) is 0 Å². The molecule has 1 saturated carbocycles. The molecular weight excluding hydrogens is 162 g/mol. The van der Waals surface area contributed by atoms with Crippen LogP contribution in [0.5, 0.6) is 0 Å². The molecule has 1 fully saturated rings. The van der Waals surface area contributed by atoms with E-state index in [1.54, 1.807) is 0 Å². The highest BCUT2D eigenvalue weighted by molar-refractivity contribution is 4.82. The number of nitrogens with one attached hydrogen (secondary N) is 1. The van der Waals surface area contributed by atoms with Crippen LogP contribution in [-0.2, 0) is 0 Å². The summed E-state index contributed by atoms with van der Waals surface area (Å²) in [5.74, 6) is 0. The average molecular weight is 185 g/mol. The fourth-order valence-corrected chi connectivity index (χ4v) is 1.96. The van der Waals surface area contributed by atoms with Crippen LogP contribution in [0.3, 0.4) is 0 Å². The molecule has 0 aromatic rings. The smallest absolute Gasteiger partial charge is 0.0766 e. The molecule has 13 heavy (non-hydrogen) atoms. The van der Waals surface area contributed by atoms with Crippen LogP contribution in [0, 0.1) is 0 Å². The topological polar surface area (TPSA) is 32.3 Å². The number of aliphatic hydroxyl groups is 1. The molecule has 0 heterocycles. The Bertz CT molecular complexity index is 137. The molecule has 0 aliphatic heterocycles. The second kappa shape index (κ2) is 4.97. The van der Waals surface area contributed by atoms with E-state index in [0.29, 0.717) is 6.04 Å². The number of hydrogen-bond donors (Lipinski definition) is 2. The quantitative estimate of drug-likeness (QED) is 0.687. The fraction of sp³-hybridized carbons (Fsp3) is 1.00. The predicted molar refractivity (Wildman–Crippen MR) is 55.8 cm³/mol. The molecule has 0 bridgehead atoms. The molecule has 0 atom stereocenters. The Balaban J connectivity index is 2.22. The van der Waals surface area contributed by atoms with Gasteiger partial charge in [0.25, 0.3) is 0 Å². The Labute approximate surface area is 81.7 Å². The Hall–Kier alpha value is -0.0800. The molecular formula is C11H23NO. The molecule has 2 N–H and O–H groups in total. The molecule has 0 unspecified atom stereocenters. The monoisotopic (exact) mass is 185 g/mol. The molecule has 1 rings (SSSR count). The standard InChI is InChI=1S/C11H23NO/c1-3-11(13,4-2)9-12-10-7-5-6-8-10/h10,12-13H,3-9H2,1-2H3. The zero-order valence-corrected chi connectivity index (χ0v) is 8.97. The van der Waals surface area contributed by atoms with Gasteiger partial charge in [-0.15, -0.1) is 0 Å². The van der Waals surface area contributed by atoms with Gasteiger partial charge < -0.3 is 10.4 Å². The zero-order valence-electron chi connectivity index (χ0n) is 8.97. The van der Waals surface area contributed by atoms with Crippen molar-refractivity contribution >= 4 is 0 Å². The van der Waals surface area contributed by atoms with Gasteiger partial charge in [0.05, 0.1) is 5.60 Å². The van der Waals surface area contributed by atoms with Gasteiger partial charge in [-0.2, -0.15) is 0 Å². The lowest BCUT2D eigenvalue weighted by molar-refractivity contribution is 0.0300. The maximum Gasteiger partial charge on any atom is 0.0766 e. The average Bonchev–Trinajstić information content (AvgIpc) is 2.67. The first-order valence-corrected chi connectivity index (χ1v) is 5.66. The molecule has 1 aliphatic carbocycles. The van der Waals surface area contributed by atoms with Gasteiger partial charge in [-0.3, -0.25) is 0 Å². The first kappa shape index (κ1) is 11.0. The number of rotatable bonds is 5. The minimum absolute atomic E-state index is 0.470. The summed E-state index contributed by atoms with van der Waals surface area (Å²) >= 11 is 0. The van der Waals surface area contributed by atoms with Crippen molar-refractivity contribution in [2.45, 2.75) is 64.0 Å². The molecule has 2 nitrogen and oxygen atoms in total. The summed E-state index contributed by atoms with van der Waals surface area (Å²) in [5.41, 5.74) is -0.470. The lowest BCUT2D eigenvalue weighted by atomic mass is 9.97. The molecule has 0 spiro atoms. The van der Waals surface area contributed by atoms with E-state index >= 15 is 0 Å². The summed E-state index contributed by atoms with van der Waals surface area (Å²) in [6, 6.07) is 0.671. The van der Waals surface area contributed by atoms with Crippen LogP contribution in [0.2, 0.25) is 0 Å². The van der Waals surface area contributed by atoms with E-state index in [9.17, 15) is 5.11 Å². The second-order valence-electron chi connectivity index (χ2n) is 4.29. The summed E-state index contributed by atoms with van der Waals surface area (Å²) in [5, 5.41) is 13.5. The lowest BCUT2D eigenvalue weighted by Gasteiger charge is -2.27. The lowest BCUT2D eigenvalue weighted by Crippen LogP contribution is -2.42. The predicted octanol–water partition coefficient (Wildman–Crippen LogP) is 2.07. The van der Waals surface area contributed by atoms with Crippen LogP contribution >= 0.6 is 0 Å². The molecule has 0 amide bonds. The Morgan fingerprint density at radius 2 is 1.77 bits per heavy atom. The molecule has 0 radical (unpaired) electrons. The highest BCUT2D eigenvalue weighted by Crippen LogP contribution is 2.19. The highest BCUT2D eigenvalue weighted by Gasteiger charge is 2.24. The SMILES string of the molecule is CCC(O)(CC)CNC1CCCC1. The molecule has 1 aliphatic rings. The van der Waals surface area contributed by atoms with E-state index in [4.69, 9.17) is 0 Å². The fourth-order valence-electron chi connectivity index (χ4n) is 1.96. The van der Waals surface area contributed by atoms with Crippen molar-refractivity contribution in [2.75, 3.05) is 6.54 Å². The van der Waals surface area contributed by atoms with Crippen LogP contribution in [0.15, 0.2) is 0 Å². The van der Waals surface area contributed by atoms with Crippen LogP contribution in [0.1, 0.15) is 52.4 Å². The van der Waals surface area contributed by atoms with Gasteiger partial charge in [0.1, 0.15) is 0 Å². The number of hydrogen-bond acceptors (Lipinski definition) is 2. The van der Waals surface area contributed by atoms with E-state index in [2.05, 4.69) is 19.2 Å². The highest BCUT2D eigenvalue weighted by atomic mass is 16.3. The van der Waals surface area contributed by atoms with Gasteiger partial charge in [-0.05, 0) is 25.7 Å². The molecule has 78 valence electrons. The van der Waals surface area contributed by atoms with Crippen LogP contribution in [0.4, 0.5) is 0 Å². The normalized spacial score (nSPS) is 19.6. The minimum Gasteiger partial charge on any atom is -0.389 e. The summed E-state index contributed by atoms with van der Waals surface area (Å²) in [6.45, 7) is 4.88. The van der Waals surface area contributed by atoms with Gasteiger partial charge in [0.2, 0.25) is 0 Å². The Morgan fingerprint density at radius 1 is 1.23 bits per heavy atom. The van der Waals surface area contributed by atoms with Crippen molar-refractivity contribution in [1.29, 1.82) is 0 Å². The van der Waals surface area contributed by atoms with Crippen LogP contribution in [-0.4, -0.2) is 23.3 Å². The Kier molecular flexibility index (Phi) is 4.20. The van der Waals surface area contributed by atoms with Crippen molar-refractivity contribution < 1.29 is 5.11 Å². The van der Waals surface area contributed by atoms with Crippen molar-refractivity contribution in [1.82, 2.24) is 5.32 Å². The second-order valence-corrected chi connectivity index (χ2v) is 4.29. The third-order valence-electron chi connectivity index (χ3n) is 3.39. The van der Waals surface area contributed by atoms with E-state index < -0.39 is 5.60 Å². The van der Waals surface area contributed by atoms with Gasteiger partial charge in [0, 0.05) is 12.6 Å². The minimum atomic E-state index is -0.470. The van der Waals surface area contributed by atoms with E-state index in [0.717, 1.165) is 19.4 Å². The van der Waals surface area contributed by atoms with Gasteiger partial charge >= 0.3 is 0 Å². The molecule has 2 heteroatoms. The first-order valence-electron chi connectivity index (χ1n) is 5.66. The van der Waals surface area contributed by atoms with Crippen molar-refractivity contribution in [3.05, 3.63) is 0 Å². The zero-order chi connectivity index (χ0) is 9.73. The van der Waals surface area contributed by atoms with E-state index in [1.807, 2.05) is 0 Å². The van der Waals surface area contributed by atoms with Gasteiger partial charge in [-0.25, -0.2) is 0 Å². The van der Waals surface area contributed by atoms with Gasteiger partial charge in [-0.1, -0.05) is 26.7 Å². The van der Waals surface area contributed by atoms with Crippen LogP contribution < -0.4 is 5.32 Å². The summed E-state index contributed by atoms with van der Waals surface area (Å²) < 4.78 is 0. The van der Waals surface area contributed by atoms with Crippen LogP contribution in [0.25, 0.3) is 0 Å². The third kappa shape index (κ3) is 3.28. The maximum atomic E-state index is 10.0. The van der Waals surface area contributed by atoms with Crippen molar-refractivity contribution in [3.8, 4) is 0 Å².